The lowest BCUT2D eigenvalue weighted by atomic mass is 9.90. The molecule has 23 heavy (non-hydrogen) atoms. The summed E-state index contributed by atoms with van der Waals surface area (Å²) in [4.78, 5) is 30.0. The van der Waals surface area contributed by atoms with Gasteiger partial charge in [0.1, 0.15) is 0 Å². The van der Waals surface area contributed by atoms with Gasteiger partial charge in [0.25, 0.3) is 0 Å². The van der Waals surface area contributed by atoms with E-state index in [1.165, 1.54) is 5.56 Å². The molecule has 0 fully saturated rings. The highest BCUT2D eigenvalue weighted by atomic mass is 16.2. The fourth-order valence-electron chi connectivity index (χ4n) is 3.07. The number of hydrogen-bond donors (Lipinski definition) is 1. The predicted molar refractivity (Wildman–Crippen MR) is 87.8 cm³/mol. The molecule has 1 N–H and O–H groups in total. The van der Waals surface area contributed by atoms with Crippen LogP contribution >= 0.6 is 0 Å². The first-order valence-corrected chi connectivity index (χ1v) is 7.70. The SMILES string of the molecule is CC(=O)N1CCc2ccccc2C1CC(=O)Nc1ccncc1. The highest BCUT2D eigenvalue weighted by Crippen LogP contribution is 2.32. The minimum atomic E-state index is -0.209. The van der Waals surface area contributed by atoms with Crippen LogP contribution in [0.3, 0.4) is 0 Å². The Labute approximate surface area is 135 Å². The van der Waals surface area contributed by atoms with Gasteiger partial charge in [-0.05, 0) is 29.7 Å². The lowest BCUT2D eigenvalue weighted by Gasteiger charge is -2.36. The van der Waals surface area contributed by atoms with Crippen molar-refractivity contribution in [2.75, 3.05) is 11.9 Å². The van der Waals surface area contributed by atoms with Gasteiger partial charge in [-0.3, -0.25) is 14.6 Å². The number of benzene rings is 1. The Hall–Kier alpha value is -2.69. The van der Waals surface area contributed by atoms with Gasteiger partial charge in [0.15, 0.2) is 0 Å². The standard InChI is InChI=1S/C18H19N3O2/c1-13(22)21-11-8-14-4-2-3-5-16(14)17(21)12-18(23)20-15-6-9-19-10-7-15/h2-7,9-10,17H,8,11-12H2,1H3,(H,19,20,23). The smallest absolute Gasteiger partial charge is 0.226 e. The zero-order chi connectivity index (χ0) is 16.2. The molecule has 0 saturated carbocycles. The number of nitrogens with one attached hydrogen (secondary N) is 1. The van der Waals surface area contributed by atoms with E-state index in [0.29, 0.717) is 12.2 Å². The number of carbonyl (C=O) groups excluding carboxylic acids is 2. The quantitative estimate of drug-likeness (QED) is 0.948. The van der Waals surface area contributed by atoms with E-state index in [1.807, 2.05) is 18.2 Å². The maximum atomic E-state index is 12.4. The molecular formula is C18H19N3O2. The topological polar surface area (TPSA) is 62.3 Å². The van der Waals surface area contributed by atoms with Crippen LogP contribution in [0.15, 0.2) is 48.8 Å². The fourth-order valence-corrected chi connectivity index (χ4v) is 3.07. The number of nitrogens with zero attached hydrogens (tertiary/aromatic N) is 2. The van der Waals surface area contributed by atoms with Crippen molar-refractivity contribution >= 4 is 17.5 Å². The van der Waals surface area contributed by atoms with Crippen LogP contribution in [0.1, 0.15) is 30.5 Å². The third-order valence-corrected chi connectivity index (χ3v) is 4.16. The molecule has 1 atom stereocenters. The summed E-state index contributed by atoms with van der Waals surface area (Å²) in [7, 11) is 0. The van der Waals surface area contributed by atoms with E-state index in [4.69, 9.17) is 0 Å². The molecule has 2 aromatic rings. The molecule has 1 aliphatic heterocycles. The Morgan fingerprint density at radius 2 is 1.96 bits per heavy atom. The average molecular weight is 309 g/mol. The van der Waals surface area contributed by atoms with Crippen LogP contribution in [0.2, 0.25) is 0 Å². The number of rotatable bonds is 3. The molecule has 2 amide bonds. The Morgan fingerprint density at radius 3 is 2.70 bits per heavy atom. The number of anilines is 1. The summed E-state index contributed by atoms with van der Waals surface area (Å²) in [6.07, 6.45) is 4.35. The normalized spacial score (nSPS) is 16.6. The van der Waals surface area contributed by atoms with Gasteiger partial charge in [-0.15, -0.1) is 0 Å². The molecular weight excluding hydrogens is 290 g/mol. The van der Waals surface area contributed by atoms with Crippen LogP contribution in [0.5, 0.6) is 0 Å². The Balaban J connectivity index is 1.80. The zero-order valence-electron chi connectivity index (χ0n) is 13.0. The first-order valence-electron chi connectivity index (χ1n) is 7.70. The monoisotopic (exact) mass is 309 g/mol. The van der Waals surface area contributed by atoms with Gasteiger partial charge in [0.05, 0.1) is 12.5 Å². The molecule has 1 aromatic carbocycles. The predicted octanol–water partition coefficient (Wildman–Crippen LogP) is 2.56. The molecule has 0 bridgehead atoms. The third-order valence-electron chi connectivity index (χ3n) is 4.16. The largest absolute Gasteiger partial charge is 0.335 e. The highest BCUT2D eigenvalue weighted by molar-refractivity contribution is 5.91. The van der Waals surface area contributed by atoms with E-state index in [-0.39, 0.29) is 24.3 Å². The lowest BCUT2D eigenvalue weighted by Crippen LogP contribution is -2.40. The van der Waals surface area contributed by atoms with Crippen LogP contribution in [-0.2, 0) is 16.0 Å². The van der Waals surface area contributed by atoms with Gasteiger partial charge >= 0.3 is 0 Å². The van der Waals surface area contributed by atoms with Crippen LogP contribution < -0.4 is 5.32 Å². The first kappa shape index (κ1) is 15.2. The average Bonchev–Trinajstić information content (AvgIpc) is 2.55. The molecule has 1 aromatic heterocycles. The van der Waals surface area contributed by atoms with Gasteiger partial charge in [0, 0.05) is 31.5 Å². The molecule has 0 saturated heterocycles. The van der Waals surface area contributed by atoms with E-state index in [2.05, 4.69) is 16.4 Å². The lowest BCUT2D eigenvalue weighted by molar-refractivity contribution is -0.132. The molecule has 118 valence electrons. The summed E-state index contributed by atoms with van der Waals surface area (Å²) >= 11 is 0. The van der Waals surface area contributed by atoms with E-state index in [9.17, 15) is 9.59 Å². The van der Waals surface area contributed by atoms with Crippen molar-refractivity contribution in [3.8, 4) is 0 Å². The Bertz CT molecular complexity index is 715. The summed E-state index contributed by atoms with van der Waals surface area (Å²) in [6, 6.07) is 11.3. The molecule has 0 spiro atoms. The number of carbonyl (C=O) groups is 2. The van der Waals surface area contributed by atoms with Crippen molar-refractivity contribution in [2.45, 2.75) is 25.8 Å². The summed E-state index contributed by atoms with van der Waals surface area (Å²) in [6.45, 7) is 2.21. The van der Waals surface area contributed by atoms with E-state index < -0.39 is 0 Å². The van der Waals surface area contributed by atoms with Crippen molar-refractivity contribution in [1.82, 2.24) is 9.88 Å². The maximum absolute atomic E-state index is 12.4. The van der Waals surface area contributed by atoms with Crippen LogP contribution in [-0.4, -0.2) is 28.2 Å². The number of amides is 2. The van der Waals surface area contributed by atoms with E-state index >= 15 is 0 Å². The van der Waals surface area contributed by atoms with Gasteiger partial charge in [-0.1, -0.05) is 24.3 Å². The number of fused-ring (bicyclic) bond motifs is 1. The molecule has 5 heteroatoms. The first-order chi connectivity index (χ1) is 11.1. The summed E-state index contributed by atoms with van der Waals surface area (Å²) in [5.74, 6) is -0.106. The van der Waals surface area contributed by atoms with Gasteiger partial charge in [-0.2, -0.15) is 0 Å². The molecule has 0 aliphatic carbocycles. The summed E-state index contributed by atoms with van der Waals surface area (Å²) < 4.78 is 0. The second kappa shape index (κ2) is 6.60. The number of hydrogen-bond acceptors (Lipinski definition) is 3. The van der Waals surface area contributed by atoms with Crippen molar-refractivity contribution in [1.29, 1.82) is 0 Å². The molecule has 3 rings (SSSR count). The molecule has 1 aliphatic rings. The molecule has 2 heterocycles. The van der Waals surface area contributed by atoms with Crippen LogP contribution in [0.4, 0.5) is 5.69 Å². The van der Waals surface area contributed by atoms with Gasteiger partial charge < -0.3 is 10.2 Å². The van der Waals surface area contributed by atoms with E-state index in [0.717, 1.165) is 12.0 Å². The Morgan fingerprint density at radius 1 is 1.22 bits per heavy atom. The number of pyridine rings is 1. The minimum Gasteiger partial charge on any atom is -0.335 e. The molecule has 5 nitrogen and oxygen atoms in total. The van der Waals surface area contributed by atoms with Gasteiger partial charge in [-0.25, -0.2) is 0 Å². The van der Waals surface area contributed by atoms with Crippen molar-refractivity contribution in [3.63, 3.8) is 0 Å². The fraction of sp³-hybridized carbons (Fsp3) is 0.278. The highest BCUT2D eigenvalue weighted by Gasteiger charge is 2.30. The van der Waals surface area contributed by atoms with Crippen molar-refractivity contribution in [3.05, 3.63) is 59.9 Å². The Kier molecular flexibility index (Phi) is 4.37. The van der Waals surface area contributed by atoms with Crippen molar-refractivity contribution in [2.24, 2.45) is 0 Å². The zero-order valence-corrected chi connectivity index (χ0v) is 13.0. The summed E-state index contributed by atoms with van der Waals surface area (Å²) in [5.41, 5.74) is 2.99. The number of aromatic nitrogens is 1. The second-order valence-electron chi connectivity index (χ2n) is 5.67. The van der Waals surface area contributed by atoms with Gasteiger partial charge in [0.2, 0.25) is 11.8 Å². The summed E-state index contributed by atoms with van der Waals surface area (Å²) in [5, 5.41) is 2.86. The van der Waals surface area contributed by atoms with Crippen LogP contribution in [0, 0.1) is 0 Å². The molecule has 1 unspecified atom stereocenters. The minimum absolute atomic E-state index is 0.00112. The van der Waals surface area contributed by atoms with Crippen LogP contribution in [0.25, 0.3) is 0 Å². The maximum Gasteiger partial charge on any atom is 0.226 e. The second-order valence-corrected chi connectivity index (χ2v) is 5.67. The molecule has 0 radical (unpaired) electrons. The van der Waals surface area contributed by atoms with E-state index in [1.54, 1.807) is 36.4 Å². The third kappa shape index (κ3) is 3.39. The van der Waals surface area contributed by atoms with Crippen molar-refractivity contribution < 1.29 is 9.59 Å².